The first kappa shape index (κ1) is 13.9. The van der Waals surface area contributed by atoms with E-state index < -0.39 is 0 Å². The molecule has 104 valence electrons. The highest BCUT2D eigenvalue weighted by atomic mass is 16.2. The lowest BCUT2D eigenvalue weighted by Gasteiger charge is -2.20. The van der Waals surface area contributed by atoms with Gasteiger partial charge >= 0.3 is 0 Å². The number of anilines is 1. The normalized spacial score (nSPS) is 14.6. The molecule has 3 N–H and O–H groups in total. The molecule has 1 saturated carbocycles. The predicted octanol–water partition coefficient (Wildman–Crippen LogP) is 1.62. The van der Waals surface area contributed by atoms with Gasteiger partial charge in [0.25, 0.3) is 0 Å². The Morgan fingerprint density at radius 2 is 2.05 bits per heavy atom. The van der Waals surface area contributed by atoms with Crippen molar-refractivity contribution in [3.05, 3.63) is 29.8 Å². The van der Waals surface area contributed by atoms with Crippen LogP contribution in [-0.2, 0) is 11.3 Å². The van der Waals surface area contributed by atoms with Crippen LogP contribution < -0.4 is 11.1 Å². The van der Waals surface area contributed by atoms with E-state index in [1.165, 1.54) is 18.4 Å². The number of hydrogen-bond acceptors (Lipinski definition) is 3. The zero-order chi connectivity index (χ0) is 13.7. The summed E-state index contributed by atoms with van der Waals surface area (Å²) in [6, 6.07) is 7.83. The van der Waals surface area contributed by atoms with Crippen LogP contribution in [0.2, 0.25) is 0 Å². The molecule has 1 fully saturated rings. The van der Waals surface area contributed by atoms with Gasteiger partial charge in [-0.15, -0.1) is 0 Å². The number of nitrogens with two attached hydrogens (primary N) is 1. The SMILES string of the molecule is CCN(CC(=O)NCC1CC1)Cc1ccc(N)cc1. The number of carbonyl (C=O) groups is 1. The maximum atomic E-state index is 11.8. The molecule has 0 spiro atoms. The minimum absolute atomic E-state index is 0.129. The summed E-state index contributed by atoms with van der Waals surface area (Å²) < 4.78 is 0. The lowest BCUT2D eigenvalue weighted by atomic mass is 10.2. The number of carbonyl (C=O) groups excluding carboxylic acids is 1. The van der Waals surface area contributed by atoms with Gasteiger partial charge in [0.2, 0.25) is 5.91 Å². The molecule has 1 aromatic rings. The number of nitrogens with zero attached hydrogens (tertiary/aromatic N) is 1. The summed E-state index contributed by atoms with van der Waals surface area (Å²) in [4.78, 5) is 13.9. The van der Waals surface area contributed by atoms with Gasteiger partial charge in [-0.25, -0.2) is 0 Å². The highest BCUT2D eigenvalue weighted by Crippen LogP contribution is 2.27. The van der Waals surface area contributed by atoms with Crippen LogP contribution in [0.15, 0.2) is 24.3 Å². The number of likely N-dealkylation sites (N-methyl/N-ethyl adjacent to an activating group) is 1. The topological polar surface area (TPSA) is 58.4 Å². The van der Waals surface area contributed by atoms with E-state index in [0.29, 0.717) is 6.54 Å². The first-order valence-corrected chi connectivity index (χ1v) is 7.01. The Kier molecular flexibility index (Phi) is 4.80. The smallest absolute Gasteiger partial charge is 0.234 e. The number of benzene rings is 1. The molecule has 0 radical (unpaired) electrons. The standard InChI is InChI=1S/C15H23N3O/c1-2-18(10-13-5-7-14(16)8-6-13)11-15(19)17-9-12-3-4-12/h5-8,12H,2-4,9-11,16H2,1H3,(H,17,19). The molecule has 1 aliphatic carbocycles. The number of nitrogens with one attached hydrogen (secondary N) is 1. The highest BCUT2D eigenvalue weighted by Gasteiger charge is 2.21. The molecule has 0 aromatic heterocycles. The van der Waals surface area contributed by atoms with Gasteiger partial charge in [-0.1, -0.05) is 19.1 Å². The van der Waals surface area contributed by atoms with Gasteiger partial charge in [0, 0.05) is 18.8 Å². The van der Waals surface area contributed by atoms with Crippen molar-refractivity contribution in [3.63, 3.8) is 0 Å². The first-order valence-electron chi connectivity index (χ1n) is 7.01. The van der Waals surface area contributed by atoms with Gasteiger partial charge in [0.1, 0.15) is 0 Å². The molecule has 0 bridgehead atoms. The molecule has 0 atom stereocenters. The molecule has 4 nitrogen and oxygen atoms in total. The third kappa shape index (κ3) is 4.91. The number of rotatable bonds is 7. The fourth-order valence-electron chi connectivity index (χ4n) is 2.00. The van der Waals surface area contributed by atoms with Crippen molar-refractivity contribution in [1.82, 2.24) is 10.2 Å². The van der Waals surface area contributed by atoms with E-state index >= 15 is 0 Å². The number of amides is 1. The van der Waals surface area contributed by atoms with Crippen molar-refractivity contribution in [1.29, 1.82) is 0 Å². The third-order valence-corrected chi connectivity index (χ3v) is 3.49. The summed E-state index contributed by atoms with van der Waals surface area (Å²) >= 11 is 0. The average Bonchev–Trinajstić information content (AvgIpc) is 3.22. The Hall–Kier alpha value is -1.55. The zero-order valence-corrected chi connectivity index (χ0v) is 11.6. The van der Waals surface area contributed by atoms with E-state index in [-0.39, 0.29) is 5.91 Å². The van der Waals surface area contributed by atoms with Crippen molar-refractivity contribution < 1.29 is 4.79 Å². The van der Waals surface area contributed by atoms with Crippen LogP contribution in [0.1, 0.15) is 25.3 Å². The van der Waals surface area contributed by atoms with Crippen LogP contribution in [0.4, 0.5) is 5.69 Å². The Balaban J connectivity index is 1.78. The van der Waals surface area contributed by atoms with Gasteiger partial charge in [-0.2, -0.15) is 0 Å². The maximum absolute atomic E-state index is 11.8. The Morgan fingerprint density at radius 3 is 2.63 bits per heavy atom. The molecule has 0 unspecified atom stereocenters. The predicted molar refractivity (Wildman–Crippen MR) is 77.5 cm³/mol. The second-order valence-electron chi connectivity index (χ2n) is 5.29. The fourth-order valence-corrected chi connectivity index (χ4v) is 2.00. The van der Waals surface area contributed by atoms with E-state index in [2.05, 4.69) is 17.1 Å². The maximum Gasteiger partial charge on any atom is 0.234 e. The summed E-state index contributed by atoms with van der Waals surface area (Å²) in [6.45, 7) is 5.03. The van der Waals surface area contributed by atoms with Crippen molar-refractivity contribution in [2.45, 2.75) is 26.3 Å². The van der Waals surface area contributed by atoms with Crippen LogP contribution in [0.25, 0.3) is 0 Å². The largest absolute Gasteiger partial charge is 0.399 e. The van der Waals surface area contributed by atoms with Crippen molar-refractivity contribution >= 4 is 11.6 Å². The molecule has 0 saturated heterocycles. The van der Waals surface area contributed by atoms with E-state index in [9.17, 15) is 4.79 Å². The fraction of sp³-hybridized carbons (Fsp3) is 0.533. The van der Waals surface area contributed by atoms with E-state index in [1.54, 1.807) is 0 Å². The minimum atomic E-state index is 0.129. The Morgan fingerprint density at radius 1 is 1.37 bits per heavy atom. The number of hydrogen-bond donors (Lipinski definition) is 2. The summed E-state index contributed by atoms with van der Waals surface area (Å²) in [5.41, 5.74) is 7.63. The average molecular weight is 261 g/mol. The first-order chi connectivity index (χ1) is 9.17. The van der Waals surface area contributed by atoms with Crippen LogP contribution in [-0.4, -0.2) is 30.4 Å². The lowest BCUT2D eigenvalue weighted by Crippen LogP contribution is -2.37. The highest BCUT2D eigenvalue weighted by molar-refractivity contribution is 5.78. The minimum Gasteiger partial charge on any atom is -0.399 e. The third-order valence-electron chi connectivity index (χ3n) is 3.49. The van der Waals surface area contributed by atoms with Crippen LogP contribution in [0.5, 0.6) is 0 Å². The van der Waals surface area contributed by atoms with E-state index in [0.717, 1.165) is 31.2 Å². The molecular weight excluding hydrogens is 238 g/mol. The molecule has 0 aliphatic heterocycles. The molecule has 0 heterocycles. The van der Waals surface area contributed by atoms with Crippen LogP contribution in [0.3, 0.4) is 0 Å². The molecule has 19 heavy (non-hydrogen) atoms. The van der Waals surface area contributed by atoms with Gasteiger partial charge < -0.3 is 11.1 Å². The van der Waals surface area contributed by atoms with E-state index in [1.807, 2.05) is 24.3 Å². The second-order valence-corrected chi connectivity index (χ2v) is 5.29. The summed E-state index contributed by atoms with van der Waals surface area (Å²) in [7, 11) is 0. The lowest BCUT2D eigenvalue weighted by molar-refractivity contribution is -0.122. The van der Waals surface area contributed by atoms with Crippen molar-refractivity contribution in [2.75, 3.05) is 25.4 Å². The van der Waals surface area contributed by atoms with Crippen LogP contribution >= 0.6 is 0 Å². The Bertz CT molecular complexity index is 412. The molecule has 4 heteroatoms. The molecule has 1 aliphatic rings. The van der Waals surface area contributed by atoms with Gasteiger partial charge in [-0.05, 0) is 43.0 Å². The van der Waals surface area contributed by atoms with Gasteiger partial charge in [0.15, 0.2) is 0 Å². The van der Waals surface area contributed by atoms with Crippen molar-refractivity contribution in [3.8, 4) is 0 Å². The van der Waals surface area contributed by atoms with Gasteiger partial charge in [-0.3, -0.25) is 9.69 Å². The Labute approximate surface area is 115 Å². The second kappa shape index (κ2) is 6.57. The molecule has 2 rings (SSSR count). The van der Waals surface area contributed by atoms with Gasteiger partial charge in [0.05, 0.1) is 6.54 Å². The summed E-state index contributed by atoms with van der Waals surface area (Å²) in [5, 5.41) is 3.00. The molecule has 1 aromatic carbocycles. The summed E-state index contributed by atoms with van der Waals surface area (Å²) in [5.74, 6) is 0.861. The number of nitrogen functional groups attached to an aromatic ring is 1. The van der Waals surface area contributed by atoms with Crippen LogP contribution in [0, 0.1) is 5.92 Å². The monoisotopic (exact) mass is 261 g/mol. The van der Waals surface area contributed by atoms with E-state index in [4.69, 9.17) is 5.73 Å². The molecular formula is C15H23N3O. The van der Waals surface area contributed by atoms with Crippen molar-refractivity contribution in [2.24, 2.45) is 5.92 Å². The summed E-state index contributed by atoms with van der Waals surface area (Å²) in [6.07, 6.45) is 2.53. The quantitative estimate of drug-likeness (QED) is 0.733. The molecule has 1 amide bonds. The zero-order valence-electron chi connectivity index (χ0n) is 11.6.